The largest absolute Gasteiger partial charge is 0.308 e. The van der Waals surface area contributed by atoms with Gasteiger partial charge in [0.15, 0.2) is 0 Å². The lowest BCUT2D eigenvalue weighted by atomic mass is 9.76. The van der Waals surface area contributed by atoms with Crippen LogP contribution in [0.25, 0.3) is 0 Å². The highest BCUT2D eigenvalue weighted by Crippen LogP contribution is 2.35. The van der Waals surface area contributed by atoms with Crippen molar-refractivity contribution < 1.29 is 0 Å². The number of hydrogen-bond acceptors (Lipinski definition) is 2. The van der Waals surface area contributed by atoms with Gasteiger partial charge in [-0.25, -0.2) is 0 Å². The van der Waals surface area contributed by atoms with Crippen LogP contribution in [0.2, 0.25) is 0 Å². The second kappa shape index (κ2) is 5.50. The maximum atomic E-state index is 3.94. The highest BCUT2D eigenvalue weighted by atomic mass is 15.3. The van der Waals surface area contributed by atoms with E-state index in [0.717, 1.165) is 5.92 Å². The molecule has 2 heteroatoms. The van der Waals surface area contributed by atoms with Crippen molar-refractivity contribution in [1.82, 2.24) is 10.2 Å². The molecule has 0 aromatic rings. The van der Waals surface area contributed by atoms with E-state index in [1.807, 2.05) is 0 Å². The molecule has 1 atom stereocenters. The van der Waals surface area contributed by atoms with Crippen LogP contribution in [0.4, 0.5) is 0 Å². The number of rotatable bonds is 3. The van der Waals surface area contributed by atoms with Gasteiger partial charge in [0.1, 0.15) is 0 Å². The zero-order valence-electron chi connectivity index (χ0n) is 12.9. The molecule has 0 amide bonds. The molecular weight excluding hydrogens is 220 g/mol. The van der Waals surface area contributed by atoms with Crippen LogP contribution in [0.3, 0.4) is 0 Å². The lowest BCUT2D eigenvalue weighted by Crippen LogP contribution is -2.69. The van der Waals surface area contributed by atoms with E-state index in [4.69, 9.17) is 0 Å². The average Bonchev–Trinajstić information content (AvgIpc) is 2.35. The summed E-state index contributed by atoms with van der Waals surface area (Å²) in [5.74, 6) is 0.773. The predicted octanol–water partition coefficient (Wildman–Crippen LogP) is 3.42. The maximum absolute atomic E-state index is 3.94. The highest BCUT2D eigenvalue weighted by Gasteiger charge is 2.44. The van der Waals surface area contributed by atoms with Gasteiger partial charge in [-0.2, -0.15) is 0 Å². The van der Waals surface area contributed by atoms with Crippen LogP contribution in [-0.2, 0) is 0 Å². The van der Waals surface area contributed by atoms with Gasteiger partial charge in [0.25, 0.3) is 0 Å². The minimum Gasteiger partial charge on any atom is -0.308 e. The summed E-state index contributed by atoms with van der Waals surface area (Å²) in [6.45, 7) is 13.2. The molecule has 0 aromatic heterocycles. The molecule has 1 unspecified atom stereocenters. The number of hydrogen-bond donors (Lipinski definition) is 1. The first-order valence-electron chi connectivity index (χ1n) is 8.00. The van der Waals surface area contributed by atoms with Gasteiger partial charge in [0.05, 0.1) is 0 Å². The number of nitrogens with zero attached hydrogens (tertiary/aromatic N) is 1. The Morgan fingerprint density at radius 3 is 2.39 bits per heavy atom. The maximum Gasteiger partial charge on any atom is 0.0309 e. The summed E-state index contributed by atoms with van der Waals surface area (Å²) >= 11 is 0. The quantitative estimate of drug-likeness (QED) is 0.828. The van der Waals surface area contributed by atoms with Crippen LogP contribution in [0.15, 0.2) is 0 Å². The molecule has 106 valence electrons. The molecule has 0 aromatic carbocycles. The third kappa shape index (κ3) is 2.91. The Bertz CT molecular complexity index is 268. The molecule has 2 aliphatic rings. The fourth-order valence-corrected chi connectivity index (χ4v) is 3.74. The van der Waals surface area contributed by atoms with Crippen molar-refractivity contribution in [3.05, 3.63) is 0 Å². The molecule has 1 saturated carbocycles. The summed E-state index contributed by atoms with van der Waals surface area (Å²) in [6, 6.07) is 0. The zero-order chi connectivity index (χ0) is 13.2. The standard InChI is InChI=1S/C16H32N2/c1-5-15(4)12-17-16(9-7-6-8-10-16)13-18(15)11-14(2)3/h14,17H,5-13H2,1-4H3. The number of piperazine rings is 1. The molecule has 18 heavy (non-hydrogen) atoms. The van der Waals surface area contributed by atoms with Gasteiger partial charge in [0.2, 0.25) is 0 Å². The molecule has 0 radical (unpaired) electrons. The Balaban J connectivity index is 2.09. The monoisotopic (exact) mass is 252 g/mol. The summed E-state index contributed by atoms with van der Waals surface area (Å²) in [7, 11) is 0. The van der Waals surface area contributed by atoms with Gasteiger partial charge in [-0.15, -0.1) is 0 Å². The Labute approximate surface area is 114 Å². The van der Waals surface area contributed by atoms with Crippen molar-refractivity contribution in [2.24, 2.45) is 5.92 Å². The molecular formula is C16H32N2. The first-order chi connectivity index (χ1) is 8.50. The second-order valence-corrected chi connectivity index (χ2v) is 7.32. The Morgan fingerprint density at radius 1 is 1.17 bits per heavy atom. The lowest BCUT2D eigenvalue weighted by molar-refractivity contribution is -0.00843. The van der Waals surface area contributed by atoms with E-state index in [1.165, 1.54) is 58.2 Å². The van der Waals surface area contributed by atoms with Gasteiger partial charge < -0.3 is 5.32 Å². The highest BCUT2D eigenvalue weighted by molar-refractivity contribution is 5.04. The van der Waals surface area contributed by atoms with Crippen LogP contribution in [0.1, 0.15) is 66.2 Å². The zero-order valence-corrected chi connectivity index (χ0v) is 12.9. The molecule has 1 heterocycles. The number of nitrogens with one attached hydrogen (secondary N) is 1. The van der Waals surface area contributed by atoms with Gasteiger partial charge >= 0.3 is 0 Å². The van der Waals surface area contributed by atoms with Crippen LogP contribution in [-0.4, -0.2) is 35.6 Å². The normalized spacial score (nSPS) is 33.2. The minimum absolute atomic E-state index is 0.368. The second-order valence-electron chi connectivity index (χ2n) is 7.32. The van der Waals surface area contributed by atoms with Crippen molar-refractivity contribution in [2.75, 3.05) is 19.6 Å². The van der Waals surface area contributed by atoms with E-state index in [9.17, 15) is 0 Å². The first-order valence-corrected chi connectivity index (χ1v) is 8.00. The average molecular weight is 252 g/mol. The van der Waals surface area contributed by atoms with E-state index in [-0.39, 0.29) is 0 Å². The molecule has 2 fully saturated rings. The van der Waals surface area contributed by atoms with E-state index < -0.39 is 0 Å². The minimum atomic E-state index is 0.368. The molecule has 1 aliphatic heterocycles. The van der Waals surface area contributed by atoms with Crippen LogP contribution >= 0.6 is 0 Å². The van der Waals surface area contributed by atoms with Crippen molar-refractivity contribution in [3.8, 4) is 0 Å². The Hall–Kier alpha value is -0.0800. The summed E-state index contributed by atoms with van der Waals surface area (Å²) in [6.07, 6.45) is 8.32. The van der Waals surface area contributed by atoms with Crippen molar-refractivity contribution in [1.29, 1.82) is 0 Å². The van der Waals surface area contributed by atoms with Crippen LogP contribution in [0.5, 0.6) is 0 Å². The first kappa shape index (κ1) is 14.3. The van der Waals surface area contributed by atoms with Crippen molar-refractivity contribution in [2.45, 2.75) is 77.3 Å². The third-order valence-corrected chi connectivity index (χ3v) is 5.26. The topological polar surface area (TPSA) is 15.3 Å². The lowest BCUT2D eigenvalue weighted by Gasteiger charge is -2.55. The van der Waals surface area contributed by atoms with Crippen LogP contribution in [0, 0.1) is 5.92 Å². The van der Waals surface area contributed by atoms with E-state index in [1.54, 1.807) is 0 Å². The summed E-state index contributed by atoms with van der Waals surface area (Å²) in [5, 5.41) is 3.94. The van der Waals surface area contributed by atoms with Crippen molar-refractivity contribution in [3.63, 3.8) is 0 Å². The Kier molecular flexibility index (Phi) is 4.38. The fourth-order valence-electron chi connectivity index (χ4n) is 3.74. The molecule has 0 bridgehead atoms. The van der Waals surface area contributed by atoms with E-state index >= 15 is 0 Å². The third-order valence-electron chi connectivity index (χ3n) is 5.26. The van der Waals surface area contributed by atoms with E-state index in [0.29, 0.717) is 11.1 Å². The molecule has 1 aliphatic carbocycles. The Morgan fingerprint density at radius 2 is 1.83 bits per heavy atom. The summed E-state index contributed by atoms with van der Waals surface area (Å²) in [4.78, 5) is 2.79. The summed E-state index contributed by atoms with van der Waals surface area (Å²) in [5.41, 5.74) is 0.814. The SMILES string of the molecule is CCC1(C)CNC2(CCCCC2)CN1CC(C)C. The van der Waals surface area contributed by atoms with Gasteiger partial charge in [-0.3, -0.25) is 4.90 Å². The molecule has 1 N–H and O–H groups in total. The van der Waals surface area contributed by atoms with Gasteiger partial charge in [0, 0.05) is 30.7 Å². The smallest absolute Gasteiger partial charge is 0.0309 e. The molecule has 1 saturated heterocycles. The van der Waals surface area contributed by atoms with Gasteiger partial charge in [-0.1, -0.05) is 40.0 Å². The molecule has 2 nitrogen and oxygen atoms in total. The molecule has 1 spiro atoms. The van der Waals surface area contributed by atoms with Gasteiger partial charge in [-0.05, 0) is 32.1 Å². The molecule has 2 rings (SSSR count). The van der Waals surface area contributed by atoms with E-state index in [2.05, 4.69) is 37.9 Å². The predicted molar refractivity (Wildman–Crippen MR) is 78.9 cm³/mol. The fraction of sp³-hybridized carbons (Fsp3) is 1.00. The van der Waals surface area contributed by atoms with Crippen LogP contribution < -0.4 is 5.32 Å². The summed E-state index contributed by atoms with van der Waals surface area (Å²) < 4.78 is 0. The van der Waals surface area contributed by atoms with Crippen molar-refractivity contribution >= 4 is 0 Å².